The number of nitrogens with zero attached hydrogens (tertiary/aromatic N) is 1. The van der Waals surface area contributed by atoms with Gasteiger partial charge in [0.15, 0.2) is 5.76 Å². The van der Waals surface area contributed by atoms with Crippen molar-refractivity contribution in [1.82, 2.24) is 4.98 Å². The van der Waals surface area contributed by atoms with Crippen LogP contribution in [-0.4, -0.2) is 28.3 Å². The van der Waals surface area contributed by atoms with Crippen molar-refractivity contribution < 1.29 is 28.2 Å². The zero-order valence-corrected chi connectivity index (χ0v) is 18.7. The number of benzene rings is 1. The van der Waals surface area contributed by atoms with E-state index in [9.17, 15) is 9.90 Å². The first kappa shape index (κ1) is 22.3. The molecular weight excluding hydrogens is 410 g/mol. The zero-order chi connectivity index (χ0) is 22.7. The lowest BCUT2D eigenvalue weighted by Crippen LogP contribution is -2.28. The highest BCUT2D eigenvalue weighted by molar-refractivity contribution is 5.91. The van der Waals surface area contributed by atoms with Crippen LogP contribution in [-0.2, 0) is 22.7 Å². The summed E-state index contributed by atoms with van der Waals surface area (Å²) in [7, 11) is 0. The van der Waals surface area contributed by atoms with Gasteiger partial charge in [-0.05, 0) is 69.7 Å². The molecule has 170 valence electrons. The molecule has 0 amide bonds. The molecule has 0 saturated heterocycles. The van der Waals surface area contributed by atoms with Crippen LogP contribution in [0.1, 0.15) is 64.4 Å². The van der Waals surface area contributed by atoms with Gasteiger partial charge in [0.25, 0.3) is 5.89 Å². The molecular formula is C25H29NO6. The number of oxazole rings is 1. The molecule has 7 heteroatoms. The molecule has 1 aromatic carbocycles. The van der Waals surface area contributed by atoms with Crippen LogP contribution in [0.25, 0.3) is 11.7 Å². The first-order valence-electron chi connectivity index (χ1n) is 11.0. The van der Waals surface area contributed by atoms with E-state index >= 15 is 0 Å². The highest BCUT2D eigenvalue weighted by atomic mass is 16.5. The minimum atomic E-state index is -0.918. The van der Waals surface area contributed by atoms with Gasteiger partial charge in [0, 0.05) is 0 Å². The quantitative estimate of drug-likeness (QED) is 0.488. The Balaban J connectivity index is 1.32. The molecule has 2 unspecified atom stereocenters. The van der Waals surface area contributed by atoms with E-state index in [4.69, 9.17) is 18.3 Å². The van der Waals surface area contributed by atoms with Crippen LogP contribution < -0.4 is 0 Å². The molecule has 3 aromatic rings. The number of carboxylic acids is 1. The number of furan rings is 1. The van der Waals surface area contributed by atoms with Gasteiger partial charge in [-0.2, -0.15) is 0 Å². The third-order valence-corrected chi connectivity index (χ3v) is 5.93. The van der Waals surface area contributed by atoms with Crippen molar-refractivity contribution in [1.29, 1.82) is 0 Å². The van der Waals surface area contributed by atoms with Crippen LogP contribution in [0.4, 0.5) is 0 Å². The predicted octanol–water partition coefficient (Wildman–Crippen LogP) is 5.60. The van der Waals surface area contributed by atoms with Crippen LogP contribution in [0.2, 0.25) is 0 Å². The second-order valence-electron chi connectivity index (χ2n) is 8.38. The Morgan fingerprint density at radius 3 is 2.50 bits per heavy atom. The Labute approximate surface area is 187 Å². The molecule has 0 radical (unpaired) electrons. The van der Waals surface area contributed by atoms with Crippen LogP contribution in [0, 0.1) is 20.8 Å². The van der Waals surface area contributed by atoms with Gasteiger partial charge in [-0.3, -0.25) is 0 Å². The smallest absolute Gasteiger partial charge is 0.336 e. The lowest BCUT2D eigenvalue weighted by molar-refractivity contribution is -0.0564. The zero-order valence-electron chi connectivity index (χ0n) is 18.7. The van der Waals surface area contributed by atoms with Crippen molar-refractivity contribution in [3.05, 3.63) is 64.2 Å². The molecule has 7 nitrogen and oxygen atoms in total. The number of hydrogen-bond acceptors (Lipinski definition) is 6. The average molecular weight is 440 g/mol. The second-order valence-corrected chi connectivity index (χ2v) is 8.38. The Morgan fingerprint density at radius 2 is 1.81 bits per heavy atom. The average Bonchev–Trinajstić information content (AvgIpc) is 3.36. The minimum absolute atomic E-state index is 0.0379. The van der Waals surface area contributed by atoms with Gasteiger partial charge in [0.2, 0.25) is 0 Å². The molecule has 1 saturated carbocycles. The van der Waals surface area contributed by atoms with Gasteiger partial charge in [-0.15, -0.1) is 0 Å². The van der Waals surface area contributed by atoms with E-state index < -0.39 is 5.97 Å². The number of aryl methyl sites for hydroxylation is 3. The maximum Gasteiger partial charge on any atom is 0.336 e. The van der Waals surface area contributed by atoms with E-state index in [0.717, 1.165) is 48.5 Å². The lowest BCUT2D eigenvalue weighted by Gasteiger charge is -2.29. The van der Waals surface area contributed by atoms with Crippen molar-refractivity contribution in [2.24, 2.45) is 0 Å². The lowest BCUT2D eigenvalue weighted by atomic mass is 9.94. The molecule has 1 aliphatic carbocycles. The van der Waals surface area contributed by atoms with E-state index in [0.29, 0.717) is 29.4 Å². The van der Waals surface area contributed by atoms with Crippen molar-refractivity contribution in [2.45, 2.75) is 71.9 Å². The molecule has 0 spiro atoms. The fourth-order valence-corrected chi connectivity index (χ4v) is 4.18. The Kier molecular flexibility index (Phi) is 6.77. The Hall–Kier alpha value is -2.90. The van der Waals surface area contributed by atoms with Gasteiger partial charge >= 0.3 is 5.97 Å². The van der Waals surface area contributed by atoms with E-state index in [-0.39, 0.29) is 18.8 Å². The van der Waals surface area contributed by atoms with Crippen LogP contribution >= 0.6 is 0 Å². The summed E-state index contributed by atoms with van der Waals surface area (Å²) in [5.41, 5.74) is 2.55. The molecule has 1 fully saturated rings. The number of carboxylic acid groups (broad SMARTS) is 1. The van der Waals surface area contributed by atoms with Gasteiger partial charge in [-0.25, -0.2) is 9.78 Å². The summed E-state index contributed by atoms with van der Waals surface area (Å²) in [4.78, 5) is 16.1. The van der Waals surface area contributed by atoms with Gasteiger partial charge in [0.05, 0.1) is 31.0 Å². The first-order chi connectivity index (χ1) is 15.4. The highest BCUT2D eigenvalue weighted by Crippen LogP contribution is 2.28. The molecule has 1 N–H and O–H groups in total. The topological polar surface area (TPSA) is 94.9 Å². The molecule has 1 aliphatic rings. The summed E-state index contributed by atoms with van der Waals surface area (Å²) in [6.07, 6.45) is 3.79. The maximum atomic E-state index is 11.6. The van der Waals surface area contributed by atoms with Gasteiger partial charge in [0.1, 0.15) is 17.2 Å². The van der Waals surface area contributed by atoms with E-state index in [1.807, 2.05) is 51.1 Å². The third-order valence-electron chi connectivity index (χ3n) is 5.93. The summed E-state index contributed by atoms with van der Waals surface area (Å²) in [5.74, 6) is 1.69. The molecule has 2 atom stereocenters. The fraction of sp³-hybridized carbons (Fsp3) is 0.440. The monoisotopic (exact) mass is 439 g/mol. The van der Waals surface area contributed by atoms with Gasteiger partial charge in [-0.1, -0.05) is 18.2 Å². The van der Waals surface area contributed by atoms with Crippen molar-refractivity contribution in [3.8, 4) is 11.7 Å². The predicted molar refractivity (Wildman–Crippen MR) is 117 cm³/mol. The number of carbonyl (C=O) groups is 1. The largest absolute Gasteiger partial charge is 0.478 e. The Morgan fingerprint density at radius 1 is 1.06 bits per heavy atom. The third kappa shape index (κ3) is 5.11. The summed E-state index contributed by atoms with van der Waals surface area (Å²) < 4.78 is 23.6. The first-order valence-corrected chi connectivity index (χ1v) is 11.0. The summed E-state index contributed by atoms with van der Waals surface area (Å²) in [6, 6.07) is 9.22. The SMILES string of the molecule is Cc1ccc(-c2nc(COC3CCCC(OCc4cccc(C)c4C(=O)O)C3)c(C)o2)o1. The van der Waals surface area contributed by atoms with Crippen LogP contribution in [0.15, 0.2) is 39.2 Å². The number of ether oxygens (including phenoxy) is 2. The molecule has 2 aromatic heterocycles. The normalized spacial score (nSPS) is 18.7. The molecule has 0 bridgehead atoms. The molecule has 4 rings (SSSR count). The Bertz CT molecular complexity index is 1080. The molecule has 0 aliphatic heterocycles. The summed E-state index contributed by atoms with van der Waals surface area (Å²) in [5, 5.41) is 9.51. The second kappa shape index (κ2) is 9.71. The minimum Gasteiger partial charge on any atom is -0.478 e. The fourth-order valence-electron chi connectivity index (χ4n) is 4.18. The summed E-state index contributed by atoms with van der Waals surface area (Å²) in [6.45, 7) is 6.22. The van der Waals surface area contributed by atoms with E-state index in [2.05, 4.69) is 4.98 Å². The number of aromatic carboxylic acids is 1. The van der Waals surface area contributed by atoms with Crippen molar-refractivity contribution in [3.63, 3.8) is 0 Å². The van der Waals surface area contributed by atoms with Gasteiger partial charge < -0.3 is 23.4 Å². The molecule has 32 heavy (non-hydrogen) atoms. The van der Waals surface area contributed by atoms with Crippen LogP contribution in [0.3, 0.4) is 0 Å². The van der Waals surface area contributed by atoms with Crippen molar-refractivity contribution in [2.75, 3.05) is 0 Å². The number of rotatable bonds is 8. The number of hydrogen-bond donors (Lipinski definition) is 1. The van der Waals surface area contributed by atoms with E-state index in [1.165, 1.54) is 0 Å². The number of aromatic nitrogens is 1. The highest BCUT2D eigenvalue weighted by Gasteiger charge is 2.25. The van der Waals surface area contributed by atoms with E-state index in [1.54, 1.807) is 0 Å². The standard InChI is InChI=1S/C25H29NO6/c1-15-6-4-7-18(23(15)25(27)28)13-29-19-8-5-9-20(12-19)30-14-21-17(3)32-24(26-21)22-11-10-16(2)31-22/h4,6-7,10-11,19-20H,5,8-9,12-14H2,1-3H3,(H,27,28). The van der Waals surface area contributed by atoms with Crippen molar-refractivity contribution >= 4 is 5.97 Å². The van der Waals surface area contributed by atoms with Crippen LogP contribution in [0.5, 0.6) is 0 Å². The molecule has 2 heterocycles. The maximum absolute atomic E-state index is 11.6. The summed E-state index contributed by atoms with van der Waals surface area (Å²) >= 11 is 0.